The fourth-order valence-electron chi connectivity index (χ4n) is 4.06. The summed E-state index contributed by atoms with van der Waals surface area (Å²) in [5, 5.41) is 0.919. The van der Waals surface area contributed by atoms with Crippen molar-refractivity contribution in [1.29, 1.82) is 0 Å². The highest BCUT2D eigenvalue weighted by molar-refractivity contribution is 6.47. The molecule has 0 spiro atoms. The molecule has 0 radical (unpaired) electrons. The van der Waals surface area contributed by atoms with Gasteiger partial charge in [-0.2, -0.15) is 0 Å². The lowest BCUT2D eigenvalue weighted by Gasteiger charge is -2.37. The largest absolute Gasteiger partial charge is 0.465 e. The van der Waals surface area contributed by atoms with Crippen LogP contribution in [-0.2, 0) is 9.53 Å². The third-order valence-electron chi connectivity index (χ3n) is 5.55. The second kappa shape index (κ2) is 7.71. The summed E-state index contributed by atoms with van der Waals surface area (Å²) >= 11 is 12.3. The SMILES string of the molecule is COC(=O)c1ccc([C@@H](C2CC2)N2C(=O)C(c3cc(Cl)cc(Cl)c3)=NC2(C)C)cc1. The zero-order valence-corrected chi connectivity index (χ0v) is 18.5. The Morgan fingerprint density at radius 1 is 1.13 bits per heavy atom. The van der Waals surface area contributed by atoms with E-state index in [9.17, 15) is 9.59 Å². The molecule has 2 aromatic rings. The molecule has 2 aromatic carbocycles. The van der Waals surface area contributed by atoms with Crippen molar-refractivity contribution in [2.75, 3.05) is 7.11 Å². The molecule has 4 rings (SSSR count). The number of carbonyl (C=O) groups is 2. The second-order valence-corrected chi connectivity index (χ2v) is 9.06. The number of benzene rings is 2. The lowest BCUT2D eigenvalue weighted by Crippen LogP contribution is -2.46. The normalized spacial score (nSPS) is 18.9. The number of methoxy groups -OCH3 is 1. The van der Waals surface area contributed by atoms with Crippen LogP contribution in [0.4, 0.5) is 0 Å². The first kappa shape index (κ1) is 20.9. The van der Waals surface area contributed by atoms with E-state index < -0.39 is 5.66 Å². The zero-order valence-electron chi connectivity index (χ0n) is 17.0. The number of hydrogen-bond donors (Lipinski definition) is 0. The molecular formula is C23H22Cl2N2O3. The van der Waals surface area contributed by atoms with E-state index in [1.165, 1.54) is 7.11 Å². The van der Waals surface area contributed by atoms with E-state index in [0.29, 0.717) is 32.8 Å². The van der Waals surface area contributed by atoms with Crippen LogP contribution in [0, 0.1) is 5.92 Å². The third kappa shape index (κ3) is 3.84. The van der Waals surface area contributed by atoms with Crippen molar-refractivity contribution in [3.05, 3.63) is 69.2 Å². The summed E-state index contributed by atoms with van der Waals surface area (Å²) in [5.74, 6) is -0.174. The molecule has 1 saturated carbocycles. The Kier molecular flexibility index (Phi) is 5.37. The maximum absolute atomic E-state index is 13.5. The van der Waals surface area contributed by atoms with Gasteiger partial charge in [-0.15, -0.1) is 0 Å². The van der Waals surface area contributed by atoms with Crippen molar-refractivity contribution in [2.24, 2.45) is 10.9 Å². The van der Waals surface area contributed by atoms with Crippen LogP contribution in [0.3, 0.4) is 0 Å². The Hall–Kier alpha value is -2.37. The van der Waals surface area contributed by atoms with Crippen LogP contribution in [0.5, 0.6) is 0 Å². The highest BCUT2D eigenvalue weighted by Crippen LogP contribution is 2.48. The minimum absolute atomic E-state index is 0.130. The van der Waals surface area contributed by atoms with Crippen LogP contribution in [0.25, 0.3) is 0 Å². The maximum Gasteiger partial charge on any atom is 0.337 e. The van der Waals surface area contributed by atoms with E-state index in [-0.39, 0.29) is 17.9 Å². The topological polar surface area (TPSA) is 59.0 Å². The molecule has 0 aromatic heterocycles. The van der Waals surface area contributed by atoms with E-state index in [1.807, 2.05) is 30.9 Å². The lowest BCUT2D eigenvalue weighted by atomic mass is 9.96. The van der Waals surface area contributed by atoms with Crippen LogP contribution in [0.2, 0.25) is 10.0 Å². The van der Waals surface area contributed by atoms with Crippen LogP contribution in [0.1, 0.15) is 54.2 Å². The van der Waals surface area contributed by atoms with Gasteiger partial charge in [-0.25, -0.2) is 4.79 Å². The van der Waals surface area contributed by atoms with Crippen LogP contribution >= 0.6 is 23.2 Å². The van der Waals surface area contributed by atoms with Crippen molar-refractivity contribution in [3.63, 3.8) is 0 Å². The highest BCUT2D eigenvalue weighted by Gasteiger charge is 2.49. The minimum Gasteiger partial charge on any atom is -0.465 e. The fraction of sp³-hybridized carbons (Fsp3) is 0.348. The second-order valence-electron chi connectivity index (χ2n) is 8.18. The predicted molar refractivity (Wildman–Crippen MR) is 117 cm³/mol. The van der Waals surface area contributed by atoms with Gasteiger partial charge in [0.2, 0.25) is 0 Å². The molecular weight excluding hydrogens is 423 g/mol. The molecule has 0 bridgehead atoms. The number of amides is 1. The van der Waals surface area contributed by atoms with Gasteiger partial charge >= 0.3 is 5.97 Å². The summed E-state index contributed by atoms with van der Waals surface area (Å²) in [5.41, 5.74) is 1.71. The van der Waals surface area contributed by atoms with E-state index in [0.717, 1.165) is 18.4 Å². The molecule has 1 amide bonds. The summed E-state index contributed by atoms with van der Waals surface area (Å²) in [7, 11) is 1.36. The minimum atomic E-state index is -0.727. The van der Waals surface area contributed by atoms with Crippen molar-refractivity contribution < 1.29 is 14.3 Å². The molecule has 1 aliphatic carbocycles. The van der Waals surface area contributed by atoms with Gasteiger partial charge in [0.1, 0.15) is 11.4 Å². The standard InChI is InChI=1S/C23H22Cl2N2O3/c1-23(2)26-19(16-10-17(24)12-18(25)11-16)21(28)27(23)20(13-4-5-13)14-6-8-15(9-7-14)22(29)30-3/h6-13,20H,4-5H2,1-3H3/t20-/m1/s1. The lowest BCUT2D eigenvalue weighted by molar-refractivity contribution is -0.130. The fourth-order valence-corrected chi connectivity index (χ4v) is 4.59. The summed E-state index contributed by atoms with van der Waals surface area (Å²) in [6.07, 6.45) is 2.09. The van der Waals surface area contributed by atoms with Crippen molar-refractivity contribution in [1.82, 2.24) is 4.90 Å². The monoisotopic (exact) mass is 444 g/mol. The predicted octanol–water partition coefficient (Wildman–Crippen LogP) is 5.30. The first-order valence-electron chi connectivity index (χ1n) is 9.79. The van der Waals surface area contributed by atoms with Crippen molar-refractivity contribution >= 4 is 40.8 Å². The quantitative estimate of drug-likeness (QED) is 0.587. The average Bonchev–Trinajstić information content (AvgIpc) is 3.49. The summed E-state index contributed by atoms with van der Waals surface area (Å²) in [6, 6.07) is 12.2. The smallest absolute Gasteiger partial charge is 0.337 e. The Morgan fingerprint density at radius 3 is 2.27 bits per heavy atom. The number of aliphatic imine (C=N–C) groups is 1. The molecule has 0 unspecified atom stereocenters. The number of halogens is 2. The maximum atomic E-state index is 13.5. The molecule has 2 aliphatic rings. The van der Waals surface area contributed by atoms with E-state index >= 15 is 0 Å². The first-order valence-corrected chi connectivity index (χ1v) is 10.5. The molecule has 1 fully saturated rings. The number of carbonyl (C=O) groups excluding carboxylic acids is 2. The van der Waals surface area contributed by atoms with Crippen molar-refractivity contribution in [3.8, 4) is 0 Å². The van der Waals surface area contributed by atoms with Gasteiger partial charge in [0.25, 0.3) is 5.91 Å². The highest BCUT2D eigenvalue weighted by atomic mass is 35.5. The first-order chi connectivity index (χ1) is 14.2. The van der Waals surface area contributed by atoms with Gasteiger partial charge in [-0.1, -0.05) is 35.3 Å². The van der Waals surface area contributed by atoms with Gasteiger partial charge in [0, 0.05) is 15.6 Å². The Balaban J connectivity index is 1.71. The number of nitrogens with zero attached hydrogens (tertiary/aromatic N) is 2. The van der Waals surface area contributed by atoms with E-state index in [2.05, 4.69) is 0 Å². The van der Waals surface area contributed by atoms with Crippen LogP contribution < -0.4 is 0 Å². The van der Waals surface area contributed by atoms with E-state index in [1.54, 1.807) is 30.3 Å². The molecule has 1 heterocycles. The number of rotatable bonds is 5. The Labute approximate surface area is 185 Å². The molecule has 7 heteroatoms. The van der Waals surface area contributed by atoms with Crippen LogP contribution in [-0.4, -0.2) is 35.3 Å². The zero-order chi connectivity index (χ0) is 21.6. The number of hydrogen-bond acceptors (Lipinski definition) is 4. The van der Waals surface area contributed by atoms with E-state index in [4.69, 9.17) is 32.9 Å². The molecule has 5 nitrogen and oxygen atoms in total. The average molecular weight is 445 g/mol. The summed E-state index contributed by atoms with van der Waals surface area (Å²) < 4.78 is 4.79. The van der Waals surface area contributed by atoms with Crippen LogP contribution in [0.15, 0.2) is 47.5 Å². The molecule has 30 heavy (non-hydrogen) atoms. The molecule has 0 saturated heterocycles. The van der Waals surface area contributed by atoms with Crippen molar-refractivity contribution in [2.45, 2.75) is 38.4 Å². The van der Waals surface area contributed by atoms with Gasteiger partial charge in [0.15, 0.2) is 0 Å². The van der Waals surface area contributed by atoms with Gasteiger partial charge < -0.3 is 9.64 Å². The molecule has 1 atom stereocenters. The summed E-state index contributed by atoms with van der Waals surface area (Å²) in [6.45, 7) is 3.87. The Morgan fingerprint density at radius 2 is 1.73 bits per heavy atom. The molecule has 0 N–H and O–H groups in total. The number of ether oxygens (including phenoxy) is 1. The van der Waals surface area contributed by atoms with Gasteiger partial charge in [0.05, 0.1) is 18.7 Å². The molecule has 156 valence electrons. The summed E-state index contributed by atoms with van der Waals surface area (Å²) in [4.78, 5) is 31.9. The Bertz CT molecular complexity index is 1020. The van der Waals surface area contributed by atoms with Gasteiger partial charge in [-0.05, 0) is 68.5 Å². The number of esters is 1. The van der Waals surface area contributed by atoms with Gasteiger partial charge in [-0.3, -0.25) is 9.79 Å². The molecule has 1 aliphatic heterocycles. The third-order valence-corrected chi connectivity index (χ3v) is 5.99.